The van der Waals surface area contributed by atoms with Crippen LogP contribution in [0.5, 0.6) is 0 Å². The van der Waals surface area contributed by atoms with Gasteiger partial charge < -0.3 is 9.30 Å². The number of fused-ring (bicyclic) bond motifs is 1. The Bertz CT molecular complexity index is 716. The summed E-state index contributed by atoms with van der Waals surface area (Å²) < 4.78 is 7.88. The molecule has 0 aliphatic carbocycles. The minimum Gasteiger partial charge on any atom is -0.465 e. The second-order valence-corrected chi connectivity index (χ2v) is 5.12. The summed E-state index contributed by atoms with van der Waals surface area (Å²) in [6.07, 6.45) is 5.48. The fourth-order valence-corrected chi connectivity index (χ4v) is 3.02. The van der Waals surface area contributed by atoms with Crippen LogP contribution in [0.2, 0.25) is 0 Å². The lowest BCUT2D eigenvalue weighted by molar-refractivity contribution is 0.0603. The van der Waals surface area contributed by atoms with Crippen molar-refractivity contribution in [1.29, 1.82) is 0 Å². The second-order valence-electron chi connectivity index (χ2n) is 4.21. The van der Waals surface area contributed by atoms with Gasteiger partial charge in [-0.15, -0.1) is 11.3 Å². The normalized spacial score (nSPS) is 10.8. The summed E-state index contributed by atoms with van der Waals surface area (Å²) in [6, 6.07) is 6.11. The van der Waals surface area contributed by atoms with Gasteiger partial charge in [-0.1, -0.05) is 12.1 Å². The van der Waals surface area contributed by atoms with Crippen molar-refractivity contribution in [3.8, 4) is 0 Å². The molecule has 0 spiro atoms. The Morgan fingerprint density at radius 1 is 1.47 bits per heavy atom. The van der Waals surface area contributed by atoms with Gasteiger partial charge in [-0.05, 0) is 11.6 Å². The highest BCUT2D eigenvalue weighted by Gasteiger charge is 2.12. The first-order valence-electron chi connectivity index (χ1n) is 5.82. The van der Waals surface area contributed by atoms with E-state index in [4.69, 9.17) is 4.74 Å². The van der Waals surface area contributed by atoms with Gasteiger partial charge in [0, 0.05) is 34.4 Å². The number of carbonyl (C=O) groups is 1. The number of hydrogen-bond donors (Lipinski definition) is 0. The van der Waals surface area contributed by atoms with E-state index in [9.17, 15) is 4.79 Å². The zero-order valence-electron chi connectivity index (χ0n) is 10.4. The number of hydrogen-bond acceptors (Lipinski definition) is 4. The molecule has 2 aromatic heterocycles. The Kier molecular flexibility index (Phi) is 3.05. The highest BCUT2D eigenvalue weighted by atomic mass is 32.1. The molecule has 0 saturated heterocycles. The molecular formula is C14H12N2O2S. The van der Waals surface area contributed by atoms with E-state index in [2.05, 4.69) is 11.1 Å². The van der Waals surface area contributed by atoms with E-state index < -0.39 is 0 Å². The first-order chi connectivity index (χ1) is 9.28. The van der Waals surface area contributed by atoms with Crippen molar-refractivity contribution in [2.75, 3.05) is 7.11 Å². The van der Waals surface area contributed by atoms with Gasteiger partial charge in [0.15, 0.2) is 0 Å². The van der Waals surface area contributed by atoms with Crippen LogP contribution in [0.3, 0.4) is 0 Å². The van der Waals surface area contributed by atoms with E-state index in [0.717, 1.165) is 16.6 Å². The fraction of sp³-hybridized carbons (Fsp3) is 0.143. The number of imidazole rings is 1. The summed E-state index contributed by atoms with van der Waals surface area (Å²) in [5.74, 6) is -0.284. The molecule has 0 aliphatic rings. The molecule has 3 rings (SSSR count). The minimum atomic E-state index is -0.284. The Morgan fingerprint density at radius 2 is 2.37 bits per heavy atom. The lowest BCUT2D eigenvalue weighted by Gasteiger charge is -2.03. The highest BCUT2D eigenvalue weighted by Crippen LogP contribution is 2.27. The molecule has 0 bridgehead atoms. The fourth-order valence-electron chi connectivity index (χ4n) is 2.03. The smallest absolute Gasteiger partial charge is 0.339 e. The first kappa shape index (κ1) is 11.9. The number of rotatable bonds is 3. The van der Waals surface area contributed by atoms with Crippen LogP contribution in [0.15, 0.2) is 42.3 Å². The molecule has 0 aliphatic heterocycles. The van der Waals surface area contributed by atoms with Crippen molar-refractivity contribution in [3.63, 3.8) is 0 Å². The van der Waals surface area contributed by atoms with Crippen molar-refractivity contribution in [2.24, 2.45) is 0 Å². The summed E-state index contributed by atoms with van der Waals surface area (Å²) in [4.78, 5) is 15.6. The van der Waals surface area contributed by atoms with Gasteiger partial charge in [0.25, 0.3) is 0 Å². The molecule has 0 atom stereocenters. The van der Waals surface area contributed by atoms with E-state index in [1.54, 1.807) is 23.9 Å². The maximum atomic E-state index is 11.6. The van der Waals surface area contributed by atoms with Crippen molar-refractivity contribution in [1.82, 2.24) is 9.55 Å². The third-order valence-electron chi connectivity index (χ3n) is 2.97. The Morgan fingerprint density at radius 3 is 3.11 bits per heavy atom. The third kappa shape index (κ3) is 2.24. The number of ether oxygens (including phenoxy) is 1. The highest BCUT2D eigenvalue weighted by molar-refractivity contribution is 7.17. The molecule has 96 valence electrons. The maximum absolute atomic E-state index is 11.6. The number of methoxy groups -OCH3 is 1. The lowest BCUT2D eigenvalue weighted by Crippen LogP contribution is -1.99. The van der Waals surface area contributed by atoms with Crippen LogP contribution in [0.25, 0.3) is 10.1 Å². The predicted octanol–water partition coefficient (Wildman–Crippen LogP) is 2.93. The Balaban J connectivity index is 1.96. The molecule has 0 N–H and O–H groups in total. The lowest BCUT2D eigenvalue weighted by atomic mass is 10.1. The molecule has 1 aromatic carbocycles. The Labute approximate surface area is 114 Å². The van der Waals surface area contributed by atoms with Crippen molar-refractivity contribution >= 4 is 27.4 Å². The van der Waals surface area contributed by atoms with Crippen LogP contribution >= 0.6 is 11.3 Å². The topological polar surface area (TPSA) is 44.1 Å². The predicted molar refractivity (Wildman–Crippen MR) is 74.5 cm³/mol. The average Bonchev–Trinajstić information content (AvgIpc) is 3.06. The molecule has 4 nitrogen and oxygen atoms in total. The monoisotopic (exact) mass is 272 g/mol. The molecule has 0 amide bonds. The number of carbonyl (C=O) groups excluding carboxylic acids is 1. The van der Waals surface area contributed by atoms with Crippen molar-refractivity contribution in [2.45, 2.75) is 6.54 Å². The van der Waals surface area contributed by atoms with Gasteiger partial charge in [-0.25, -0.2) is 9.78 Å². The van der Waals surface area contributed by atoms with Crippen LogP contribution in [0, 0.1) is 0 Å². The molecule has 5 heteroatoms. The standard InChI is InChI=1S/C14H12N2O2S/c1-18-14(17)12-8-19-13-6-10(2-3-11(12)13)7-16-5-4-15-9-16/h2-6,8-9H,7H2,1H3. The summed E-state index contributed by atoms with van der Waals surface area (Å²) in [6.45, 7) is 0.779. The maximum Gasteiger partial charge on any atom is 0.339 e. The number of nitrogens with zero attached hydrogens (tertiary/aromatic N) is 2. The van der Waals surface area contributed by atoms with Crippen LogP contribution in [-0.2, 0) is 11.3 Å². The van der Waals surface area contributed by atoms with E-state index >= 15 is 0 Å². The van der Waals surface area contributed by atoms with Gasteiger partial charge in [-0.3, -0.25) is 0 Å². The van der Waals surface area contributed by atoms with Crippen LogP contribution < -0.4 is 0 Å². The van der Waals surface area contributed by atoms with Gasteiger partial charge in [0.2, 0.25) is 0 Å². The second kappa shape index (κ2) is 4.85. The van der Waals surface area contributed by atoms with Crippen LogP contribution in [0.1, 0.15) is 15.9 Å². The van der Waals surface area contributed by atoms with Crippen molar-refractivity contribution < 1.29 is 9.53 Å². The minimum absolute atomic E-state index is 0.284. The first-order valence-corrected chi connectivity index (χ1v) is 6.70. The number of esters is 1. The molecule has 19 heavy (non-hydrogen) atoms. The SMILES string of the molecule is COC(=O)c1csc2cc(Cn3ccnc3)ccc12. The van der Waals surface area contributed by atoms with Crippen molar-refractivity contribution in [3.05, 3.63) is 53.4 Å². The summed E-state index contributed by atoms with van der Waals surface area (Å²) in [7, 11) is 1.40. The van der Waals surface area contributed by atoms with E-state index in [1.807, 2.05) is 28.3 Å². The largest absolute Gasteiger partial charge is 0.465 e. The molecule has 3 aromatic rings. The average molecular weight is 272 g/mol. The van der Waals surface area contributed by atoms with Gasteiger partial charge in [0.05, 0.1) is 19.0 Å². The quantitative estimate of drug-likeness (QED) is 0.689. The summed E-state index contributed by atoms with van der Waals surface area (Å²) in [5, 5.41) is 2.79. The molecule has 2 heterocycles. The Hall–Kier alpha value is -2.14. The van der Waals surface area contributed by atoms with Gasteiger partial charge >= 0.3 is 5.97 Å². The molecule has 0 fully saturated rings. The van der Waals surface area contributed by atoms with E-state index in [1.165, 1.54) is 12.7 Å². The summed E-state index contributed by atoms with van der Waals surface area (Å²) in [5.41, 5.74) is 1.82. The number of aromatic nitrogens is 2. The van der Waals surface area contributed by atoms with E-state index in [-0.39, 0.29) is 5.97 Å². The number of thiophene rings is 1. The molecule has 0 unspecified atom stereocenters. The zero-order valence-corrected chi connectivity index (χ0v) is 11.2. The van der Waals surface area contributed by atoms with E-state index in [0.29, 0.717) is 5.56 Å². The molecule has 0 radical (unpaired) electrons. The summed E-state index contributed by atoms with van der Waals surface area (Å²) >= 11 is 1.56. The molecular weight excluding hydrogens is 260 g/mol. The van der Waals surface area contributed by atoms with Gasteiger partial charge in [0.1, 0.15) is 0 Å². The zero-order chi connectivity index (χ0) is 13.2. The van der Waals surface area contributed by atoms with Crippen LogP contribution in [0.4, 0.5) is 0 Å². The number of benzene rings is 1. The molecule has 0 saturated carbocycles. The van der Waals surface area contributed by atoms with Gasteiger partial charge in [-0.2, -0.15) is 0 Å². The van der Waals surface area contributed by atoms with Crippen LogP contribution in [-0.4, -0.2) is 22.6 Å². The third-order valence-corrected chi connectivity index (χ3v) is 3.91.